The van der Waals surface area contributed by atoms with Gasteiger partial charge in [-0.15, -0.1) is 0 Å². The van der Waals surface area contributed by atoms with E-state index in [-0.39, 0.29) is 11.1 Å². The molecule has 0 spiro atoms. The number of benzene rings is 1. The van der Waals surface area contributed by atoms with Gasteiger partial charge in [-0.05, 0) is 31.1 Å². The first-order valence-electron chi connectivity index (χ1n) is 6.86. The molecule has 0 N–H and O–H groups in total. The summed E-state index contributed by atoms with van der Waals surface area (Å²) in [5.74, 6) is 0. The quantitative estimate of drug-likeness (QED) is 0.689. The second-order valence-corrected chi connectivity index (χ2v) is 11.5. The molecule has 0 unspecified atom stereocenters. The minimum Gasteiger partial charge on any atom is -0.464 e. The monoisotopic (exact) mass is 276 g/mol. The highest BCUT2D eigenvalue weighted by molar-refractivity contribution is 6.74. The van der Waals surface area contributed by atoms with Crippen molar-refractivity contribution >= 4 is 19.3 Å². The fourth-order valence-electron chi connectivity index (χ4n) is 2.02. The van der Waals surface area contributed by atoms with Crippen LogP contribution >= 0.6 is 0 Å². The first-order chi connectivity index (χ1) is 8.72. The van der Waals surface area contributed by atoms with Gasteiger partial charge in [0.25, 0.3) is 0 Å². The van der Waals surface area contributed by atoms with E-state index in [0.717, 1.165) is 16.5 Å². The van der Waals surface area contributed by atoms with Crippen LogP contribution in [-0.2, 0) is 4.43 Å². The molecule has 0 aliphatic heterocycles. The average Bonchev–Trinajstić information content (AvgIpc) is 2.73. The Labute approximate surface area is 116 Å². The summed E-state index contributed by atoms with van der Waals surface area (Å²) < 4.78 is 12.1. The van der Waals surface area contributed by atoms with Crippen molar-refractivity contribution < 1.29 is 8.84 Å². The number of para-hydroxylation sites is 1. The van der Waals surface area contributed by atoms with Crippen LogP contribution in [0.25, 0.3) is 11.0 Å². The molecule has 0 radical (unpaired) electrons. The van der Waals surface area contributed by atoms with Crippen LogP contribution in [0.4, 0.5) is 0 Å². The minimum absolute atomic E-state index is 0.0655. The molecule has 0 bridgehead atoms. The van der Waals surface area contributed by atoms with Gasteiger partial charge in [-0.2, -0.15) is 0 Å². The molecule has 104 valence electrons. The number of fused-ring (bicyclic) bond motifs is 1. The third-order valence-electron chi connectivity index (χ3n) is 4.22. The zero-order valence-electron chi connectivity index (χ0n) is 12.8. The van der Waals surface area contributed by atoms with Crippen molar-refractivity contribution in [2.75, 3.05) is 0 Å². The Kier molecular flexibility index (Phi) is 3.62. The van der Waals surface area contributed by atoms with Crippen LogP contribution in [0.15, 0.2) is 34.9 Å². The first-order valence-corrected chi connectivity index (χ1v) is 9.77. The van der Waals surface area contributed by atoms with Gasteiger partial charge in [0.2, 0.25) is 0 Å². The maximum atomic E-state index is 6.44. The van der Waals surface area contributed by atoms with E-state index < -0.39 is 8.32 Å². The average molecular weight is 276 g/mol. The lowest BCUT2D eigenvalue weighted by atomic mass is 10.1. The van der Waals surface area contributed by atoms with E-state index in [4.69, 9.17) is 8.84 Å². The Morgan fingerprint density at radius 2 is 1.84 bits per heavy atom. The summed E-state index contributed by atoms with van der Waals surface area (Å²) in [5.41, 5.74) is 2.10. The van der Waals surface area contributed by atoms with Crippen molar-refractivity contribution in [1.29, 1.82) is 0 Å². The van der Waals surface area contributed by atoms with Crippen molar-refractivity contribution in [3.63, 3.8) is 0 Å². The molecule has 2 rings (SSSR count). The molecule has 3 heteroatoms. The SMILES string of the molecule is C[C@@H](O[Si](C)(C)C(C)(C)C)c1cccc2ccoc12. The Morgan fingerprint density at radius 3 is 2.47 bits per heavy atom. The maximum absolute atomic E-state index is 6.44. The highest BCUT2D eigenvalue weighted by atomic mass is 28.4. The van der Waals surface area contributed by atoms with Gasteiger partial charge in [0.05, 0.1) is 12.4 Å². The van der Waals surface area contributed by atoms with E-state index in [1.165, 1.54) is 0 Å². The van der Waals surface area contributed by atoms with Gasteiger partial charge >= 0.3 is 0 Å². The van der Waals surface area contributed by atoms with Gasteiger partial charge in [-0.3, -0.25) is 0 Å². The zero-order valence-corrected chi connectivity index (χ0v) is 13.8. The fourth-order valence-corrected chi connectivity index (χ4v) is 3.38. The Morgan fingerprint density at radius 1 is 1.16 bits per heavy atom. The van der Waals surface area contributed by atoms with Crippen LogP contribution in [0.1, 0.15) is 39.4 Å². The molecule has 2 aromatic rings. The number of hydrogen-bond acceptors (Lipinski definition) is 2. The van der Waals surface area contributed by atoms with Crippen molar-refractivity contribution in [2.24, 2.45) is 0 Å². The second kappa shape index (κ2) is 4.80. The predicted octanol–water partition coefficient (Wildman–Crippen LogP) is 5.52. The first kappa shape index (κ1) is 14.3. The summed E-state index contributed by atoms with van der Waals surface area (Å²) in [5, 5.41) is 1.36. The molecule has 2 nitrogen and oxygen atoms in total. The van der Waals surface area contributed by atoms with E-state index >= 15 is 0 Å². The zero-order chi connectivity index (χ0) is 14.3. The van der Waals surface area contributed by atoms with Crippen LogP contribution in [-0.4, -0.2) is 8.32 Å². The molecule has 0 aliphatic rings. The summed E-state index contributed by atoms with van der Waals surface area (Å²) in [4.78, 5) is 0. The van der Waals surface area contributed by atoms with Crippen LogP contribution < -0.4 is 0 Å². The summed E-state index contributed by atoms with van der Waals surface area (Å²) in [6.07, 6.45) is 1.81. The molecule has 1 aromatic heterocycles. The number of furan rings is 1. The van der Waals surface area contributed by atoms with Gasteiger partial charge < -0.3 is 8.84 Å². The highest BCUT2D eigenvalue weighted by Gasteiger charge is 2.38. The van der Waals surface area contributed by atoms with E-state index in [1.54, 1.807) is 6.26 Å². The molecule has 0 amide bonds. The Bertz CT molecular complexity index is 563. The molecule has 0 aliphatic carbocycles. The molecule has 1 atom stereocenters. The topological polar surface area (TPSA) is 22.4 Å². The maximum Gasteiger partial charge on any atom is 0.192 e. The van der Waals surface area contributed by atoms with Crippen molar-refractivity contribution in [2.45, 2.75) is 51.9 Å². The normalized spacial score (nSPS) is 14.8. The molecule has 19 heavy (non-hydrogen) atoms. The molecule has 1 aromatic carbocycles. The Balaban J connectivity index is 2.30. The summed E-state index contributed by atoms with van der Waals surface area (Å²) >= 11 is 0. The van der Waals surface area contributed by atoms with Crippen molar-refractivity contribution in [1.82, 2.24) is 0 Å². The lowest BCUT2D eigenvalue weighted by Gasteiger charge is -2.38. The molecule has 1 heterocycles. The molecular formula is C16H24O2Si. The molecule has 0 saturated heterocycles. The predicted molar refractivity (Wildman–Crippen MR) is 82.9 cm³/mol. The van der Waals surface area contributed by atoms with Crippen LogP contribution in [0.3, 0.4) is 0 Å². The fraction of sp³-hybridized carbons (Fsp3) is 0.500. The Hall–Kier alpha value is -1.06. The van der Waals surface area contributed by atoms with Crippen molar-refractivity contribution in [3.05, 3.63) is 36.1 Å². The van der Waals surface area contributed by atoms with E-state index in [0.29, 0.717) is 0 Å². The van der Waals surface area contributed by atoms with Crippen LogP contribution in [0.2, 0.25) is 18.1 Å². The molecular weight excluding hydrogens is 252 g/mol. The van der Waals surface area contributed by atoms with E-state index in [1.807, 2.05) is 6.07 Å². The highest BCUT2D eigenvalue weighted by Crippen LogP contribution is 2.40. The van der Waals surface area contributed by atoms with Crippen LogP contribution in [0.5, 0.6) is 0 Å². The minimum atomic E-state index is -1.76. The van der Waals surface area contributed by atoms with Gasteiger partial charge in [0, 0.05) is 10.9 Å². The van der Waals surface area contributed by atoms with Gasteiger partial charge in [0.1, 0.15) is 5.58 Å². The smallest absolute Gasteiger partial charge is 0.192 e. The summed E-state index contributed by atoms with van der Waals surface area (Å²) in [6.45, 7) is 13.5. The van der Waals surface area contributed by atoms with Gasteiger partial charge in [0.15, 0.2) is 8.32 Å². The summed E-state index contributed by atoms with van der Waals surface area (Å²) in [7, 11) is -1.76. The van der Waals surface area contributed by atoms with Gasteiger partial charge in [-0.1, -0.05) is 39.0 Å². The van der Waals surface area contributed by atoms with E-state index in [9.17, 15) is 0 Å². The molecule has 0 fully saturated rings. The number of rotatable bonds is 3. The second-order valence-electron chi connectivity index (χ2n) is 6.71. The third-order valence-corrected chi connectivity index (χ3v) is 8.78. The lowest BCUT2D eigenvalue weighted by molar-refractivity contribution is 0.203. The largest absolute Gasteiger partial charge is 0.464 e. The lowest BCUT2D eigenvalue weighted by Crippen LogP contribution is -2.41. The van der Waals surface area contributed by atoms with Gasteiger partial charge in [-0.25, -0.2) is 0 Å². The standard InChI is InChI=1S/C16H24O2Si/c1-12(18-19(5,6)16(2,3)4)14-9-7-8-13-10-11-17-15(13)14/h7-12H,1-6H3/t12-/m1/s1. The summed E-state index contributed by atoms with van der Waals surface area (Å²) in [6, 6.07) is 8.24. The van der Waals surface area contributed by atoms with Crippen molar-refractivity contribution in [3.8, 4) is 0 Å². The third kappa shape index (κ3) is 2.77. The molecule has 0 saturated carbocycles. The van der Waals surface area contributed by atoms with E-state index in [2.05, 4.69) is 59.0 Å². The number of hydrogen-bond donors (Lipinski definition) is 0. The van der Waals surface area contributed by atoms with Crippen LogP contribution in [0, 0.1) is 0 Å².